The lowest BCUT2D eigenvalue weighted by Gasteiger charge is -2.05. The molecule has 0 bridgehead atoms. The fourth-order valence-corrected chi connectivity index (χ4v) is 2.79. The van der Waals surface area contributed by atoms with Crippen LogP contribution in [0.3, 0.4) is 0 Å². The van der Waals surface area contributed by atoms with Gasteiger partial charge in [-0.25, -0.2) is 9.97 Å². The second kappa shape index (κ2) is 7.14. The highest BCUT2D eigenvalue weighted by molar-refractivity contribution is 6.04. The molecule has 0 unspecified atom stereocenters. The van der Waals surface area contributed by atoms with Gasteiger partial charge in [0.1, 0.15) is 11.3 Å². The Morgan fingerprint density at radius 3 is 2.73 bits per heavy atom. The van der Waals surface area contributed by atoms with Crippen molar-refractivity contribution >= 4 is 17.1 Å². The number of imidazole rings is 1. The van der Waals surface area contributed by atoms with Crippen molar-refractivity contribution in [3.63, 3.8) is 0 Å². The van der Waals surface area contributed by atoms with Gasteiger partial charge in [-0.2, -0.15) is 0 Å². The van der Waals surface area contributed by atoms with Crippen LogP contribution in [0.1, 0.15) is 15.9 Å². The van der Waals surface area contributed by atoms with Crippen molar-refractivity contribution in [3.05, 3.63) is 78.2 Å². The Balaban J connectivity index is 1.54. The van der Waals surface area contributed by atoms with Gasteiger partial charge in [0.25, 0.3) is 5.91 Å². The largest absolute Gasteiger partial charge is 0.352 e. The Bertz CT molecular complexity index is 1030. The van der Waals surface area contributed by atoms with Gasteiger partial charge in [0, 0.05) is 30.7 Å². The molecular formula is C20H17N5O. The summed E-state index contributed by atoms with van der Waals surface area (Å²) in [6, 6.07) is 15.3. The molecule has 2 N–H and O–H groups in total. The molecule has 0 saturated carbocycles. The molecule has 1 amide bonds. The van der Waals surface area contributed by atoms with E-state index < -0.39 is 0 Å². The van der Waals surface area contributed by atoms with Crippen molar-refractivity contribution in [2.24, 2.45) is 0 Å². The molecule has 1 aromatic carbocycles. The van der Waals surface area contributed by atoms with Crippen molar-refractivity contribution in [2.75, 3.05) is 6.54 Å². The number of rotatable bonds is 5. The third-order valence-electron chi connectivity index (χ3n) is 4.10. The van der Waals surface area contributed by atoms with Crippen LogP contribution in [0.5, 0.6) is 0 Å². The lowest BCUT2D eigenvalue weighted by Crippen LogP contribution is -2.26. The zero-order valence-electron chi connectivity index (χ0n) is 14.0. The Morgan fingerprint density at radius 1 is 1.04 bits per heavy atom. The Kier molecular flexibility index (Phi) is 4.38. The van der Waals surface area contributed by atoms with Crippen LogP contribution in [-0.4, -0.2) is 32.4 Å². The molecule has 0 aliphatic carbocycles. The summed E-state index contributed by atoms with van der Waals surface area (Å²) in [5, 5.41) is 2.94. The van der Waals surface area contributed by atoms with Crippen molar-refractivity contribution in [2.45, 2.75) is 6.42 Å². The standard InChI is InChI=1S/C20H17N5O/c26-20(23-11-8-14-5-4-10-21-13-14)16-9-12-22-19-17(16)24-18(25-19)15-6-2-1-3-7-15/h1-7,9-10,12-13H,8,11H2,(H,23,26)(H,22,24,25). The van der Waals surface area contributed by atoms with E-state index in [0.29, 0.717) is 29.1 Å². The number of H-pyrrole nitrogens is 1. The summed E-state index contributed by atoms with van der Waals surface area (Å²) < 4.78 is 0. The number of hydrogen-bond acceptors (Lipinski definition) is 4. The topological polar surface area (TPSA) is 83.6 Å². The Hall–Kier alpha value is -3.54. The van der Waals surface area contributed by atoms with Gasteiger partial charge < -0.3 is 10.3 Å². The monoisotopic (exact) mass is 343 g/mol. The summed E-state index contributed by atoms with van der Waals surface area (Å²) in [6.45, 7) is 0.532. The van der Waals surface area contributed by atoms with Gasteiger partial charge in [0.05, 0.1) is 5.56 Å². The highest BCUT2D eigenvalue weighted by Gasteiger charge is 2.15. The van der Waals surface area contributed by atoms with Gasteiger partial charge >= 0.3 is 0 Å². The van der Waals surface area contributed by atoms with E-state index in [2.05, 4.69) is 25.3 Å². The van der Waals surface area contributed by atoms with E-state index in [-0.39, 0.29) is 5.91 Å². The minimum atomic E-state index is -0.160. The number of amides is 1. The maximum Gasteiger partial charge on any atom is 0.253 e. The molecule has 6 nitrogen and oxygen atoms in total. The predicted octanol–water partition coefficient (Wildman–Crippen LogP) is 2.99. The second-order valence-corrected chi connectivity index (χ2v) is 5.87. The fourth-order valence-electron chi connectivity index (χ4n) is 2.79. The van der Waals surface area contributed by atoms with Crippen LogP contribution < -0.4 is 5.32 Å². The highest BCUT2D eigenvalue weighted by atomic mass is 16.1. The van der Waals surface area contributed by atoms with Crippen molar-refractivity contribution in [1.29, 1.82) is 0 Å². The summed E-state index contributed by atoms with van der Waals surface area (Å²) in [4.78, 5) is 28.7. The summed E-state index contributed by atoms with van der Waals surface area (Å²) in [7, 11) is 0. The minimum absolute atomic E-state index is 0.160. The summed E-state index contributed by atoms with van der Waals surface area (Å²) in [5.41, 5.74) is 3.72. The number of benzene rings is 1. The quantitative estimate of drug-likeness (QED) is 0.583. The Morgan fingerprint density at radius 2 is 1.92 bits per heavy atom. The number of carbonyl (C=O) groups excluding carboxylic acids is 1. The van der Waals surface area contributed by atoms with Gasteiger partial charge in [-0.3, -0.25) is 9.78 Å². The molecule has 26 heavy (non-hydrogen) atoms. The van der Waals surface area contributed by atoms with Crippen LogP contribution in [0.4, 0.5) is 0 Å². The van der Waals surface area contributed by atoms with Gasteiger partial charge in [-0.1, -0.05) is 36.4 Å². The third kappa shape index (κ3) is 3.30. The first-order valence-electron chi connectivity index (χ1n) is 8.38. The SMILES string of the molecule is O=C(NCCc1cccnc1)c1ccnc2[nH]c(-c3ccccc3)nc12. The highest BCUT2D eigenvalue weighted by Crippen LogP contribution is 2.21. The maximum absolute atomic E-state index is 12.6. The molecule has 6 heteroatoms. The number of fused-ring (bicyclic) bond motifs is 1. The second-order valence-electron chi connectivity index (χ2n) is 5.87. The van der Waals surface area contributed by atoms with E-state index in [9.17, 15) is 4.79 Å². The molecule has 0 aliphatic rings. The van der Waals surface area contributed by atoms with E-state index in [1.165, 1.54) is 0 Å². The van der Waals surface area contributed by atoms with Crippen LogP contribution in [-0.2, 0) is 6.42 Å². The smallest absolute Gasteiger partial charge is 0.253 e. The molecule has 0 atom stereocenters. The van der Waals surface area contributed by atoms with E-state index in [0.717, 1.165) is 17.5 Å². The summed E-state index contributed by atoms with van der Waals surface area (Å²) in [6.07, 6.45) is 5.88. The molecule has 0 spiro atoms. The number of hydrogen-bond donors (Lipinski definition) is 2. The van der Waals surface area contributed by atoms with Crippen LogP contribution in [0.15, 0.2) is 67.1 Å². The van der Waals surface area contributed by atoms with E-state index in [1.54, 1.807) is 24.7 Å². The summed E-state index contributed by atoms with van der Waals surface area (Å²) >= 11 is 0. The van der Waals surface area contributed by atoms with Crippen LogP contribution in [0, 0.1) is 0 Å². The first-order valence-corrected chi connectivity index (χ1v) is 8.38. The number of nitrogens with zero attached hydrogens (tertiary/aromatic N) is 3. The van der Waals surface area contributed by atoms with Crippen molar-refractivity contribution in [3.8, 4) is 11.4 Å². The number of carbonyl (C=O) groups is 1. The fraction of sp³-hybridized carbons (Fsp3) is 0.100. The van der Waals surface area contributed by atoms with Crippen LogP contribution in [0.25, 0.3) is 22.6 Å². The van der Waals surface area contributed by atoms with Crippen LogP contribution in [0.2, 0.25) is 0 Å². The van der Waals surface area contributed by atoms with Crippen LogP contribution >= 0.6 is 0 Å². The normalized spacial score (nSPS) is 10.8. The maximum atomic E-state index is 12.6. The number of aromatic nitrogens is 4. The molecule has 4 rings (SSSR count). The molecule has 4 aromatic rings. The van der Waals surface area contributed by atoms with Gasteiger partial charge in [-0.05, 0) is 24.1 Å². The van der Waals surface area contributed by atoms with Gasteiger partial charge in [0.15, 0.2) is 5.65 Å². The number of pyridine rings is 2. The van der Waals surface area contributed by atoms with E-state index >= 15 is 0 Å². The van der Waals surface area contributed by atoms with E-state index in [1.807, 2.05) is 42.5 Å². The first kappa shape index (κ1) is 16.0. The van der Waals surface area contributed by atoms with Gasteiger partial charge in [0.2, 0.25) is 0 Å². The molecule has 0 fully saturated rings. The molecule has 0 saturated heterocycles. The molecule has 3 aromatic heterocycles. The first-order chi connectivity index (χ1) is 12.8. The van der Waals surface area contributed by atoms with Crippen molar-refractivity contribution < 1.29 is 4.79 Å². The van der Waals surface area contributed by atoms with E-state index in [4.69, 9.17) is 0 Å². The zero-order chi connectivity index (χ0) is 17.8. The lowest BCUT2D eigenvalue weighted by molar-refractivity contribution is 0.0955. The molecule has 0 aliphatic heterocycles. The molecule has 128 valence electrons. The lowest BCUT2D eigenvalue weighted by atomic mass is 10.2. The third-order valence-corrected chi connectivity index (χ3v) is 4.10. The van der Waals surface area contributed by atoms with Gasteiger partial charge in [-0.15, -0.1) is 0 Å². The minimum Gasteiger partial charge on any atom is -0.352 e. The average Bonchev–Trinajstić information content (AvgIpc) is 3.14. The average molecular weight is 343 g/mol. The molecule has 0 radical (unpaired) electrons. The Labute approximate surface area is 150 Å². The summed E-state index contributed by atoms with van der Waals surface area (Å²) in [5.74, 6) is 0.538. The molecular weight excluding hydrogens is 326 g/mol. The number of aromatic amines is 1. The number of nitrogens with one attached hydrogen (secondary N) is 2. The molecule has 3 heterocycles. The zero-order valence-corrected chi connectivity index (χ0v) is 14.0. The van der Waals surface area contributed by atoms with Crippen molar-refractivity contribution in [1.82, 2.24) is 25.3 Å². The predicted molar refractivity (Wildman–Crippen MR) is 99.6 cm³/mol.